The van der Waals surface area contributed by atoms with Gasteiger partial charge in [-0.3, -0.25) is 9.88 Å². The number of benzene rings is 1. The van der Waals surface area contributed by atoms with Crippen LogP contribution < -0.4 is 4.72 Å². The summed E-state index contributed by atoms with van der Waals surface area (Å²) in [7, 11) is -3.57. The van der Waals surface area contributed by atoms with Crippen molar-refractivity contribution in [2.45, 2.75) is 49.6 Å². The van der Waals surface area contributed by atoms with Crippen LogP contribution in [0.25, 0.3) is 10.9 Å². The van der Waals surface area contributed by atoms with E-state index in [0.717, 1.165) is 36.9 Å². The predicted octanol–water partition coefficient (Wildman–Crippen LogP) is 2.45. The summed E-state index contributed by atoms with van der Waals surface area (Å²) in [6.07, 6.45) is 6.11. The van der Waals surface area contributed by atoms with E-state index >= 15 is 0 Å². The maximum Gasteiger partial charge on any atom is 0.243 e. The molecule has 5 nitrogen and oxygen atoms in total. The van der Waals surface area contributed by atoms with Crippen LogP contribution in [0.15, 0.2) is 35.4 Å². The first kappa shape index (κ1) is 16.0. The second-order valence-corrected chi connectivity index (χ2v) is 8.64. The lowest BCUT2D eigenvalue weighted by Crippen LogP contribution is -2.46. The van der Waals surface area contributed by atoms with Crippen molar-refractivity contribution < 1.29 is 8.42 Å². The zero-order valence-corrected chi connectivity index (χ0v) is 14.7. The number of sulfonamides is 1. The number of nitrogens with one attached hydrogen (secondary N) is 1. The van der Waals surface area contributed by atoms with Crippen molar-refractivity contribution >= 4 is 20.9 Å². The molecule has 0 spiro atoms. The van der Waals surface area contributed by atoms with Crippen molar-refractivity contribution in [3.63, 3.8) is 0 Å². The topological polar surface area (TPSA) is 62.3 Å². The van der Waals surface area contributed by atoms with Gasteiger partial charge in [-0.1, -0.05) is 18.6 Å². The van der Waals surface area contributed by atoms with E-state index in [-0.39, 0.29) is 10.9 Å². The maximum absolute atomic E-state index is 13.0. The molecular weight excluding hydrogens is 322 g/mol. The van der Waals surface area contributed by atoms with Crippen LogP contribution in [0.2, 0.25) is 0 Å². The van der Waals surface area contributed by atoms with Gasteiger partial charge in [0.2, 0.25) is 10.0 Å². The Balaban J connectivity index is 1.66. The summed E-state index contributed by atoms with van der Waals surface area (Å²) in [4.78, 5) is 7.09. The first-order valence-corrected chi connectivity index (χ1v) is 10.1. The number of rotatable bonds is 3. The van der Waals surface area contributed by atoms with Gasteiger partial charge in [0.15, 0.2) is 0 Å². The molecule has 1 aromatic carbocycles. The van der Waals surface area contributed by atoms with Crippen LogP contribution in [0.1, 0.15) is 31.2 Å². The summed E-state index contributed by atoms with van der Waals surface area (Å²) >= 11 is 0. The molecule has 0 amide bonds. The van der Waals surface area contributed by atoms with E-state index in [2.05, 4.69) is 14.6 Å². The molecule has 0 radical (unpaired) electrons. The van der Waals surface area contributed by atoms with E-state index in [0.29, 0.717) is 11.6 Å². The number of aryl methyl sites for hydroxylation is 1. The number of aromatic nitrogens is 1. The van der Waals surface area contributed by atoms with Gasteiger partial charge in [-0.25, -0.2) is 13.1 Å². The number of fused-ring (bicyclic) bond motifs is 2. The molecule has 1 aromatic heterocycles. The number of piperidine rings is 1. The zero-order chi connectivity index (χ0) is 16.7. The molecule has 3 heterocycles. The average Bonchev–Trinajstić information content (AvgIpc) is 2.96. The molecule has 0 aliphatic carbocycles. The monoisotopic (exact) mass is 345 g/mol. The molecule has 6 heteroatoms. The third-order valence-electron chi connectivity index (χ3n) is 5.26. The SMILES string of the molecule is Cc1cnc2c(S(=O)(=O)N[C@@H]3CCN4CCCC[C@@H]34)cccc2c1. The van der Waals surface area contributed by atoms with Crippen LogP contribution in [0, 0.1) is 6.92 Å². The third kappa shape index (κ3) is 2.83. The molecule has 2 saturated heterocycles. The number of pyridine rings is 1. The lowest BCUT2D eigenvalue weighted by atomic mass is 10.00. The highest BCUT2D eigenvalue weighted by molar-refractivity contribution is 7.89. The van der Waals surface area contributed by atoms with Gasteiger partial charge in [0.1, 0.15) is 4.90 Å². The molecule has 4 rings (SSSR count). The average molecular weight is 345 g/mol. The summed E-state index contributed by atoms with van der Waals surface area (Å²) in [6, 6.07) is 7.68. The maximum atomic E-state index is 13.0. The highest BCUT2D eigenvalue weighted by Gasteiger charge is 2.38. The molecule has 128 valence electrons. The molecule has 0 bridgehead atoms. The standard InChI is InChI=1S/C18H23N3O2S/c1-13-11-14-5-4-7-17(18(14)19-12-13)24(22,23)20-15-8-10-21-9-3-2-6-16(15)21/h4-5,7,11-12,15-16,20H,2-3,6,8-10H2,1H3/t15-,16+/m1/s1. The van der Waals surface area contributed by atoms with Crippen LogP contribution in [0.5, 0.6) is 0 Å². The quantitative estimate of drug-likeness (QED) is 0.928. The lowest BCUT2D eigenvalue weighted by molar-refractivity contribution is 0.186. The Morgan fingerprint density at radius 3 is 2.96 bits per heavy atom. The van der Waals surface area contributed by atoms with Gasteiger partial charge in [0, 0.05) is 30.2 Å². The number of nitrogens with zero attached hydrogens (tertiary/aromatic N) is 2. The zero-order valence-electron chi connectivity index (χ0n) is 13.9. The number of hydrogen-bond acceptors (Lipinski definition) is 4. The van der Waals surface area contributed by atoms with Crippen molar-refractivity contribution in [3.8, 4) is 0 Å². The Morgan fingerprint density at radius 1 is 1.21 bits per heavy atom. The highest BCUT2D eigenvalue weighted by atomic mass is 32.2. The minimum atomic E-state index is -3.57. The normalized spacial score (nSPS) is 25.0. The van der Waals surface area contributed by atoms with E-state index in [9.17, 15) is 8.42 Å². The Morgan fingerprint density at radius 2 is 2.08 bits per heavy atom. The van der Waals surface area contributed by atoms with Crippen molar-refractivity contribution in [1.82, 2.24) is 14.6 Å². The van der Waals surface area contributed by atoms with Crippen LogP contribution >= 0.6 is 0 Å². The van der Waals surface area contributed by atoms with Gasteiger partial charge in [-0.2, -0.15) is 0 Å². The summed E-state index contributed by atoms with van der Waals surface area (Å²) in [5.74, 6) is 0. The molecule has 0 unspecified atom stereocenters. The smallest absolute Gasteiger partial charge is 0.243 e. The molecule has 24 heavy (non-hydrogen) atoms. The van der Waals surface area contributed by atoms with Crippen LogP contribution in [0.4, 0.5) is 0 Å². The molecule has 2 fully saturated rings. The number of hydrogen-bond donors (Lipinski definition) is 1. The van der Waals surface area contributed by atoms with Crippen LogP contribution in [0.3, 0.4) is 0 Å². The minimum absolute atomic E-state index is 0.0102. The fraction of sp³-hybridized carbons (Fsp3) is 0.500. The fourth-order valence-corrected chi connectivity index (χ4v) is 5.59. The predicted molar refractivity (Wildman–Crippen MR) is 94.4 cm³/mol. The Labute approximate surface area is 143 Å². The van der Waals surface area contributed by atoms with Gasteiger partial charge in [-0.05, 0) is 50.4 Å². The molecular formula is C18H23N3O2S. The lowest BCUT2D eigenvalue weighted by Gasteiger charge is -2.32. The van der Waals surface area contributed by atoms with Crippen LogP contribution in [-0.2, 0) is 10.0 Å². The third-order valence-corrected chi connectivity index (χ3v) is 6.78. The summed E-state index contributed by atoms with van der Waals surface area (Å²) in [5, 5.41) is 0.864. The molecule has 2 aliphatic rings. The molecule has 0 saturated carbocycles. The van der Waals surface area contributed by atoms with Crippen LogP contribution in [-0.4, -0.2) is 43.5 Å². The van der Waals surface area contributed by atoms with E-state index < -0.39 is 10.0 Å². The van der Waals surface area contributed by atoms with Gasteiger partial charge in [0.05, 0.1) is 5.52 Å². The Bertz CT molecular complexity index is 866. The van der Waals surface area contributed by atoms with E-state index in [1.54, 1.807) is 18.3 Å². The largest absolute Gasteiger partial charge is 0.299 e. The highest BCUT2D eigenvalue weighted by Crippen LogP contribution is 2.29. The first-order valence-electron chi connectivity index (χ1n) is 8.66. The van der Waals surface area contributed by atoms with E-state index in [4.69, 9.17) is 0 Å². The van der Waals surface area contributed by atoms with Crippen molar-refractivity contribution in [2.24, 2.45) is 0 Å². The number of para-hydroxylation sites is 1. The van der Waals surface area contributed by atoms with Crippen molar-refractivity contribution in [2.75, 3.05) is 13.1 Å². The first-order chi connectivity index (χ1) is 11.5. The molecule has 2 aromatic rings. The van der Waals surface area contributed by atoms with Crippen molar-refractivity contribution in [1.29, 1.82) is 0 Å². The molecule has 2 aliphatic heterocycles. The minimum Gasteiger partial charge on any atom is -0.299 e. The second kappa shape index (κ2) is 6.10. The summed E-state index contributed by atoms with van der Waals surface area (Å²) in [5.41, 5.74) is 1.58. The Kier molecular flexibility index (Phi) is 4.06. The Hall–Kier alpha value is -1.50. The van der Waals surface area contributed by atoms with Gasteiger partial charge in [0.25, 0.3) is 0 Å². The van der Waals surface area contributed by atoms with Gasteiger partial charge in [-0.15, -0.1) is 0 Å². The second-order valence-electron chi connectivity index (χ2n) is 6.96. The van der Waals surface area contributed by atoms with Crippen molar-refractivity contribution in [3.05, 3.63) is 36.0 Å². The molecule has 2 atom stereocenters. The van der Waals surface area contributed by atoms with E-state index in [1.165, 1.54) is 12.8 Å². The molecule has 1 N–H and O–H groups in total. The van der Waals surface area contributed by atoms with Gasteiger partial charge >= 0.3 is 0 Å². The fourth-order valence-electron chi connectivity index (χ4n) is 4.11. The summed E-state index contributed by atoms with van der Waals surface area (Å²) < 4.78 is 29.0. The van der Waals surface area contributed by atoms with Gasteiger partial charge < -0.3 is 0 Å². The van der Waals surface area contributed by atoms with E-state index in [1.807, 2.05) is 19.1 Å². The summed E-state index contributed by atoms with van der Waals surface area (Å²) in [6.45, 7) is 4.05.